The Balaban J connectivity index is 1.99. The smallest absolute Gasteiger partial charge is 0.338 e. The van der Waals surface area contributed by atoms with Crippen molar-refractivity contribution in [2.24, 2.45) is 0 Å². The van der Waals surface area contributed by atoms with Gasteiger partial charge in [0, 0.05) is 32.0 Å². The molecule has 0 spiro atoms. The van der Waals surface area contributed by atoms with E-state index in [0.717, 1.165) is 22.5 Å². The van der Waals surface area contributed by atoms with Gasteiger partial charge in [0.05, 0.1) is 35.7 Å². The number of carbonyl (C=O) groups excluding carboxylic acids is 1. The molecule has 0 saturated carbocycles. The first kappa shape index (κ1) is 23.1. The third kappa shape index (κ3) is 5.57. The molecule has 0 unspecified atom stereocenters. The zero-order valence-corrected chi connectivity index (χ0v) is 19.0. The van der Waals surface area contributed by atoms with Crippen LogP contribution in [0.5, 0.6) is 0 Å². The van der Waals surface area contributed by atoms with Gasteiger partial charge in [0.15, 0.2) is 0 Å². The Kier molecular flexibility index (Phi) is 7.69. The minimum absolute atomic E-state index is 0.345. The summed E-state index contributed by atoms with van der Waals surface area (Å²) in [7, 11) is 1.35. The molecule has 32 heavy (non-hydrogen) atoms. The molecule has 0 saturated heterocycles. The molecule has 0 atom stereocenters. The Morgan fingerprint density at radius 2 is 1.75 bits per heavy atom. The van der Waals surface area contributed by atoms with E-state index in [1.807, 2.05) is 37.4 Å². The number of carbonyl (C=O) groups is 1. The Morgan fingerprint density at radius 1 is 1.06 bits per heavy atom. The number of ether oxygens (including phenoxy) is 1. The van der Waals surface area contributed by atoms with E-state index < -0.39 is 5.97 Å². The van der Waals surface area contributed by atoms with Crippen molar-refractivity contribution in [3.05, 3.63) is 94.1 Å². The second-order valence-electron chi connectivity index (χ2n) is 8.08. The Morgan fingerprint density at radius 3 is 2.41 bits per heavy atom. The first-order chi connectivity index (χ1) is 15.4. The number of aromatic nitrogens is 2. The number of nitrogens with zero attached hydrogens (tertiary/aromatic N) is 4. The lowest BCUT2D eigenvalue weighted by molar-refractivity contribution is 0.0598. The van der Waals surface area contributed by atoms with Crippen molar-refractivity contribution in [2.45, 2.75) is 46.3 Å². The average Bonchev–Trinajstić information content (AvgIpc) is 2.80. The van der Waals surface area contributed by atoms with Gasteiger partial charge in [0.1, 0.15) is 0 Å². The van der Waals surface area contributed by atoms with Gasteiger partial charge in [-0.15, -0.1) is 0 Å². The molecule has 2 heterocycles. The highest BCUT2D eigenvalue weighted by Crippen LogP contribution is 2.23. The van der Waals surface area contributed by atoms with Crippen molar-refractivity contribution in [1.82, 2.24) is 14.9 Å². The lowest BCUT2D eigenvalue weighted by Crippen LogP contribution is -2.26. The van der Waals surface area contributed by atoms with Crippen LogP contribution in [0.15, 0.2) is 54.9 Å². The maximum absolute atomic E-state index is 12.4. The van der Waals surface area contributed by atoms with Crippen LogP contribution in [0.2, 0.25) is 0 Å². The van der Waals surface area contributed by atoms with Crippen LogP contribution in [0.25, 0.3) is 0 Å². The van der Waals surface area contributed by atoms with E-state index >= 15 is 0 Å². The van der Waals surface area contributed by atoms with Gasteiger partial charge in [-0.2, -0.15) is 5.26 Å². The van der Waals surface area contributed by atoms with Gasteiger partial charge in [0.25, 0.3) is 0 Å². The summed E-state index contributed by atoms with van der Waals surface area (Å²) in [5.74, 6) is -0.107. The molecule has 2 aromatic heterocycles. The molecule has 1 aromatic carbocycles. The van der Waals surface area contributed by atoms with Crippen LogP contribution in [-0.4, -0.2) is 27.9 Å². The molecule has 6 nitrogen and oxygen atoms in total. The Hall–Kier alpha value is -3.56. The highest BCUT2D eigenvalue weighted by molar-refractivity contribution is 5.91. The van der Waals surface area contributed by atoms with Gasteiger partial charge < -0.3 is 4.74 Å². The van der Waals surface area contributed by atoms with Crippen LogP contribution in [-0.2, 0) is 24.4 Å². The molecule has 0 amide bonds. The highest BCUT2D eigenvalue weighted by Gasteiger charge is 2.19. The number of pyridine rings is 2. The van der Waals surface area contributed by atoms with Crippen molar-refractivity contribution in [3.8, 4) is 6.07 Å². The van der Waals surface area contributed by atoms with Crippen LogP contribution in [0.4, 0.5) is 0 Å². The number of esters is 1. The molecule has 0 radical (unpaired) electrons. The molecule has 0 bridgehead atoms. The number of hydrogen-bond acceptors (Lipinski definition) is 6. The normalized spacial score (nSPS) is 10.9. The molecule has 0 aliphatic rings. The summed E-state index contributed by atoms with van der Waals surface area (Å²) in [5, 5.41) is 9.26. The minimum atomic E-state index is -0.452. The predicted octanol–water partition coefficient (Wildman–Crippen LogP) is 4.77. The fourth-order valence-corrected chi connectivity index (χ4v) is 3.71. The fraction of sp³-hybridized carbons (Fsp3) is 0.308. The van der Waals surface area contributed by atoms with Crippen LogP contribution in [0, 0.1) is 18.3 Å². The summed E-state index contributed by atoms with van der Waals surface area (Å²) in [6.07, 6.45) is 3.61. The second kappa shape index (κ2) is 10.7. The Bertz CT molecular complexity index is 1130. The van der Waals surface area contributed by atoms with Crippen molar-refractivity contribution < 1.29 is 9.53 Å². The molecule has 164 valence electrons. The number of aryl methyl sites for hydroxylation is 1. The van der Waals surface area contributed by atoms with Gasteiger partial charge in [-0.25, -0.2) is 4.79 Å². The summed E-state index contributed by atoms with van der Waals surface area (Å²) in [5.41, 5.74) is 5.91. The summed E-state index contributed by atoms with van der Waals surface area (Å²) in [4.78, 5) is 23.9. The van der Waals surface area contributed by atoms with Crippen LogP contribution in [0.3, 0.4) is 0 Å². The maximum Gasteiger partial charge on any atom is 0.338 e. The number of benzene rings is 1. The average molecular weight is 429 g/mol. The van der Waals surface area contributed by atoms with Gasteiger partial charge in [-0.3, -0.25) is 14.9 Å². The number of rotatable bonds is 8. The molecule has 6 heteroatoms. The number of methoxy groups -OCH3 is 1. The van der Waals surface area contributed by atoms with Crippen molar-refractivity contribution >= 4 is 5.97 Å². The van der Waals surface area contributed by atoms with Crippen LogP contribution >= 0.6 is 0 Å². The largest absolute Gasteiger partial charge is 0.465 e. The standard InChI is InChI=1S/C26H28N4O2/c1-18(2)22-8-6-12-29-25(22)17-30(16-24-19(3)7-5-11-28-24)15-21-10-9-20(14-27)13-23(21)26(31)32-4/h5-13,18H,15-17H2,1-4H3. The summed E-state index contributed by atoms with van der Waals surface area (Å²) >= 11 is 0. The zero-order valence-electron chi connectivity index (χ0n) is 19.0. The van der Waals surface area contributed by atoms with Gasteiger partial charge in [-0.1, -0.05) is 32.0 Å². The van der Waals surface area contributed by atoms with E-state index in [9.17, 15) is 10.1 Å². The number of nitriles is 1. The molecule has 0 N–H and O–H groups in total. The van der Waals surface area contributed by atoms with E-state index in [1.165, 1.54) is 12.7 Å². The zero-order chi connectivity index (χ0) is 23.1. The van der Waals surface area contributed by atoms with Crippen molar-refractivity contribution in [3.63, 3.8) is 0 Å². The predicted molar refractivity (Wildman–Crippen MR) is 123 cm³/mol. The third-order valence-corrected chi connectivity index (χ3v) is 5.45. The SMILES string of the molecule is COC(=O)c1cc(C#N)ccc1CN(Cc1ncccc1C)Cc1ncccc1C(C)C. The summed E-state index contributed by atoms with van der Waals surface area (Å²) in [6.45, 7) is 8.04. The Labute approximate surface area is 189 Å². The first-order valence-electron chi connectivity index (χ1n) is 10.6. The summed E-state index contributed by atoms with van der Waals surface area (Å²) in [6, 6.07) is 15.3. The molecule has 0 aliphatic heterocycles. The molecule has 3 rings (SSSR count). The van der Waals surface area contributed by atoms with Gasteiger partial charge in [-0.05, 0) is 53.8 Å². The van der Waals surface area contributed by atoms with Gasteiger partial charge in [0.2, 0.25) is 0 Å². The third-order valence-electron chi connectivity index (χ3n) is 5.45. The lowest BCUT2D eigenvalue weighted by Gasteiger charge is -2.25. The first-order valence-corrected chi connectivity index (χ1v) is 10.6. The van der Waals surface area contributed by atoms with E-state index in [2.05, 4.69) is 40.9 Å². The van der Waals surface area contributed by atoms with Crippen LogP contribution in [0.1, 0.15) is 63.8 Å². The maximum atomic E-state index is 12.4. The summed E-state index contributed by atoms with van der Waals surface area (Å²) < 4.78 is 4.97. The highest BCUT2D eigenvalue weighted by atomic mass is 16.5. The number of hydrogen-bond donors (Lipinski definition) is 0. The van der Waals surface area contributed by atoms with Crippen LogP contribution < -0.4 is 0 Å². The van der Waals surface area contributed by atoms with Crippen molar-refractivity contribution in [2.75, 3.05) is 7.11 Å². The molecule has 0 fully saturated rings. The van der Waals surface area contributed by atoms with E-state index in [0.29, 0.717) is 36.7 Å². The van der Waals surface area contributed by atoms with E-state index in [1.54, 1.807) is 18.3 Å². The topological polar surface area (TPSA) is 79.1 Å². The quantitative estimate of drug-likeness (QED) is 0.481. The van der Waals surface area contributed by atoms with Gasteiger partial charge >= 0.3 is 5.97 Å². The minimum Gasteiger partial charge on any atom is -0.465 e. The fourth-order valence-electron chi connectivity index (χ4n) is 3.71. The lowest BCUT2D eigenvalue weighted by atomic mass is 10.0. The van der Waals surface area contributed by atoms with E-state index in [4.69, 9.17) is 4.74 Å². The van der Waals surface area contributed by atoms with Crippen molar-refractivity contribution in [1.29, 1.82) is 5.26 Å². The van der Waals surface area contributed by atoms with E-state index in [-0.39, 0.29) is 0 Å². The monoisotopic (exact) mass is 428 g/mol. The molecular formula is C26H28N4O2. The molecular weight excluding hydrogens is 400 g/mol. The molecule has 0 aliphatic carbocycles. The second-order valence-corrected chi connectivity index (χ2v) is 8.08. The molecule has 3 aromatic rings.